The van der Waals surface area contributed by atoms with Crippen molar-refractivity contribution < 1.29 is 4.39 Å². The van der Waals surface area contributed by atoms with Gasteiger partial charge in [-0.25, -0.2) is 14.4 Å². The van der Waals surface area contributed by atoms with Gasteiger partial charge in [0.15, 0.2) is 0 Å². The number of hydrogen-bond donors (Lipinski definition) is 0. The van der Waals surface area contributed by atoms with E-state index < -0.39 is 0 Å². The number of anilines is 1. The molecule has 0 N–H and O–H groups in total. The van der Waals surface area contributed by atoms with E-state index in [4.69, 9.17) is 4.99 Å². The van der Waals surface area contributed by atoms with Crippen LogP contribution in [0.15, 0.2) is 35.6 Å². The molecule has 0 unspecified atom stereocenters. The zero-order valence-electron chi connectivity index (χ0n) is 18.1. The molecule has 30 heavy (non-hydrogen) atoms. The molecule has 1 aliphatic carbocycles. The maximum atomic E-state index is 14.5. The summed E-state index contributed by atoms with van der Waals surface area (Å²) >= 11 is 0. The monoisotopic (exact) mass is 408 g/mol. The molecule has 1 aromatic heterocycles. The quantitative estimate of drug-likeness (QED) is 0.514. The lowest BCUT2D eigenvalue weighted by Gasteiger charge is -2.32. The zero-order valence-corrected chi connectivity index (χ0v) is 18.1. The smallest absolute Gasteiger partial charge is 0.225 e. The van der Waals surface area contributed by atoms with Crippen LogP contribution in [0.3, 0.4) is 0 Å². The second-order valence-corrected chi connectivity index (χ2v) is 8.71. The van der Waals surface area contributed by atoms with Gasteiger partial charge >= 0.3 is 0 Å². The van der Waals surface area contributed by atoms with Crippen LogP contribution in [0.1, 0.15) is 63.9 Å². The van der Waals surface area contributed by atoms with Crippen LogP contribution in [0.2, 0.25) is 0 Å². The summed E-state index contributed by atoms with van der Waals surface area (Å²) in [6, 6.07) is 5.50. The molecule has 2 aliphatic rings. The number of benzene rings is 1. The van der Waals surface area contributed by atoms with E-state index in [2.05, 4.69) is 14.9 Å². The second-order valence-electron chi connectivity index (χ2n) is 8.71. The average molecular weight is 409 g/mol. The number of halogens is 1. The number of aryl methyl sites for hydroxylation is 1. The third kappa shape index (κ3) is 5.05. The number of hydrogen-bond acceptors (Lipinski definition) is 4. The molecule has 4 rings (SSSR count). The molecule has 160 valence electrons. The Morgan fingerprint density at radius 2 is 1.83 bits per heavy atom. The highest BCUT2D eigenvalue weighted by Gasteiger charge is 2.24. The van der Waals surface area contributed by atoms with Crippen LogP contribution in [0.25, 0.3) is 11.1 Å². The predicted molar refractivity (Wildman–Crippen MR) is 122 cm³/mol. The molecular weight excluding hydrogens is 375 g/mol. The van der Waals surface area contributed by atoms with E-state index in [0.717, 1.165) is 36.7 Å². The van der Waals surface area contributed by atoms with Gasteiger partial charge in [0.2, 0.25) is 5.95 Å². The fraction of sp³-hybridized carbons (Fsp3) is 0.560. The Bertz CT molecular complexity index is 848. The Morgan fingerprint density at radius 3 is 2.57 bits per heavy atom. The lowest BCUT2D eigenvalue weighted by atomic mass is 9.86. The molecule has 2 fully saturated rings. The first-order chi connectivity index (χ1) is 14.7. The summed E-state index contributed by atoms with van der Waals surface area (Å²) in [5.74, 6) is 1.50. The molecule has 0 radical (unpaired) electrons. The first-order valence-electron chi connectivity index (χ1n) is 11.6. The molecule has 1 saturated carbocycles. The Kier molecular flexibility index (Phi) is 7.08. The van der Waals surface area contributed by atoms with Crippen LogP contribution in [0.4, 0.5) is 10.3 Å². The van der Waals surface area contributed by atoms with Crippen molar-refractivity contribution in [2.75, 3.05) is 24.5 Å². The summed E-state index contributed by atoms with van der Waals surface area (Å²) < 4.78 is 14.5. The SMILES string of the molecule is CCc1cccc(-c2cnc(N3CC(=NCCCCC4CCCCC4)C3)nc2)c1F. The number of aromatic nitrogens is 2. The highest BCUT2D eigenvalue weighted by molar-refractivity contribution is 5.99. The normalized spacial score (nSPS) is 17.1. The number of unbranched alkanes of at least 4 members (excludes halogenated alkanes) is 1. The van der Waals surface area contributed by atoms with Crippen molar-refractivity contribution in [3.05, 3.63) is 42.0 Å². The van der Waals surface area contributed by atoms with Gasteiger partial charge in [0, 0.05) is 30.1 Å². The standard InChI is InChI=1S/C25H33FN4/c1-2-20-12-8-13-23(24(20)26)21-15-28-25(29-16-21)30-17-22(18-30)27-14-7-6-11-19-9-4-3-5-10-19/h8,12-13,15-16,19H,2-7,9-11,14,17-18H2,1H3. The van der Waals surface area contributed by atoms with Crippen LogP contribution in [-0.4, -0.2) is 35.3 Å². The minimum Gasteiger partial charge on any atom is -0.330 e. The van der Waals surface area contributed by atoms with Gasteiger partial charge < -0.3 is 4.90 Å². The van der Waals surface area contributed by atoms with E-state index in [-0.39, 0.29) is 5.82 Å². The van der Waals surface area contributed by atoms with E-state index in [1.807, 2.05) is 19.1 Å². The number of rotatable bonds is 8. The molecule has 0 spiro atoms. The van der Waals surface area contributed by atoms with Crippen LogP contribution < -0.4 is 4.90 Å². The van der Waals surface area contributed by atoms with Gasteiger partial charge in [-0.15, -0.1) is 0 Å². The van der Waals surface area contributed by atoms with E-state index >= 15 is 0 Å². The molecule has 5 heteroatoms. The number of nitrogens with zero attached hydrogens (tertiary/aromatic N) is 4. The highest BCUT2D eigenvalue weighted by Crippen LogP contribution is 2.28. The minimum absolute atomic E-state index is 0.168. The maximum absolute atomic E-state index is 14.5. The van der Waals surface area contributed by atoms with E-state index in [0.29, 0.717) is 17.9 Å². The van der Waals surface area contributed by atoms with Gasteiger partial charge in [0.25, 0.3) is 0 Å². The van der Waals surface area contributed by atoms with Gasteiger partial charge in [-0.3, -0.25) is 4.99 Å². The first-order valence-corrected chi connectivity index (χ1v) is 11.6. The third-order valence-electron chi connectivity index (χ3n) is 6.52. The largest absolute Gasteiger partial charge is 0.330 e. The Hall–Kier alpha value is -2.30. The summed E-state index contributed by atoms with van der Waals surface area (Å²) in [7, 11) is 0. The maximum Gasteiger partial charge on any atom is 0.225 e. The minimum atomic E-state index is -0.168. The second kappa shape index (κ2) is 10.1. The first kappa shape index (κ1) is 21.0. The summed E-state index contributed by atoms with van der Waals surface area (Å²) in [4.78, 5) is 15.8. The topological polar surface area (TPSA) is 41.4 Å². The summed E-state index contributed by atoms with van der Waals surface area (Å²) in [5.41, 5.74) is 3.25. The zero-order chi connectivity index (χ0) is 20.8. The molecule has 0 atom stereocenters. The molecule has 0 amide bonds. The van der Waals surface area contributed by atoms with Gasteiger partial charge in [0.1, 0.15) is 5.82 Å². The highest BCUT2D eigenvalue weighted by atomic mass is 19.1. The summed E-state index contributed by atoms with van der Waals surface area (Å²) in [5, 5.41) is 0. The Labute approximate surface area is 179 Å². The van der Waals surface area contributed by atoms with Crippen molar-refractivity contribution in [2.45, 2.75) is 64.7 Å². The van der Waals surface area contributed by atoms with Gasteiger partial charge in [-0.2, -0.15) is 0 Å². The lowest BCUT2D eigenvalue weighted by Crippen LogP contribution is -2.48. The van der Waals surface area contributed by atoms with Crippen LogP contribution in [-0.2, 0) is 6.42 Å². The van der Waals surface area contributed by atoms with Gasteiger partial charge in [0.05, 0.1) is 18.8 Å². The average Bonchev–Trinajstić information content (AvgIpc) is 2.76. The Morgan fingerprint density at radius 1 is 1.07 bits per heavy atom. The van der Waals surface area contributed by atoms with Gasteiger partial charge in [-0.1, -0.05) is 70.1 Å². The number of aliphatic imine (C=N–C) groups is 1. The van der Waals surface area contributed by atoms with Crippen molar-refractivity contribution in [3.8, 4) is 11.1 Å². The van der Waals surface area contributed by atoms with E-state index in [1.54, 1.807) is 18.5 Å². The lowest BCUT2D eigenvalue weighted by molar-refractivity contribution is 0.330. The predicted octanol–water partition coefficient (Wildman–Crippen LogP) is 5.86. The van der Waals surface area contributed by atoms with Crippen molar-refractivity contribution in [1.29, 1.82) is 0 Å². The van der Waals surface area contributed by atoms with E-state index in [1.165, 1.54) is 57.1 Å². The molecule has 2 aromatic rings. The van der Waals surface area contributed by atoms with Crippen molar-refractivity contribution in [2.24, 2.45) is 10.9 Å². The van der Waals surface area contributed by atoms with Crippen LogP contribution in [0, 0.1) is 11.7 Å². The van der Waals surface area contributed by atoms with Crippen molar-refractivity contribution in [3.63, 3.8) is 0 Å². The summed E-state index contributed by atoms with van der Waals surface area (Å²) in [6.07, 6.45) is 15.2. The molecule has 4 nitrogen and oxygen atoms in total. The fourth-order valence-corrected chi connectivity index (χ4v) is 4.59. The van der Waals surface area contributed by atoms with Crippen LogP contribution >= 0.6 is 0 Å². The Balaban J connectivity index is 1.22. The van der Waals surface area contributed by atoms with Crippen LogP contribution in [0.5, 0.6) is 0 Å². The summed E-state index contributed by atoms with van der Waals surface area (Å²) in [6.45, 7) is 4.52. The third-order valence-corrected chi connectivity index (χ3v) is 6.52. The van der Waals surface area contributed by atoms with E-state index in [9.17, 15) is 4.39 Å². The fourth-order valence-electron chi connectivity index (χ4n) is 4.59. The molecule has 1 aromatic carbocycles. The molecule has 0 bridgehead atoms. The van der Waals surface area contributed by atoms with Gasteiger partial charge in [-0.05, 0) is 24.3 Å². The molecular formula is C25H33FN4. The molecule has 1 aliphatic heterocycles. The molecule has 1 saturated heterocycles. The van der Waals surface area contributed by atoms with Crippen molar-refractivity contribution >= 4 is 11.7 Å². The molecule has 2 heterocycles. The van der Waals surface area contributed by atoms with Crippen molar-refractivity contribution in [1.82, 2.24) is 9.97 Å².